The van der Waals surface area contributed by atoms with E-state index < -0.39 is 10.0 Å². The Morgan fingerprint density at radius 3 is 2.41 bits per heavy atom. The van der Waals surface area contributed by atoms with Gasteiger partial charge in [-0.2, -0.15) is 0 Å². The Labute approximate surface area is 175 Å². The first-order chi connectivity index (χ1) is 13.9. The van der Waals surface area contributed by atoms with Crippen LogP contribution in [0.2, 0.25) is 0 Å². The van der Waals surface area contributed by atoms with Gasteiger partial charge in [0.2, 0.25) is 0 Å². The smallest absolute Gasteiger partial charge is 0.261 e. The van der Waals surface area contributed by atoms with Crippen molar-refractivity contribution in [3.05, 3.63) is 76.2 Å². The van der Waals surface area contributed by atoms with E-state index in [0.29, 0.717) is 17.8 Å². The van der Waals surface area contributed by atoms with E-state index in [9.17, 15) is 13.2 Å². The van der Waals surface area contributed by atoms with Crippen molar-refractivity contribution in [2.24, 2.45) is 0 Å². The third-order valence-electron chi connectivity index (χ3n) is 4.22. The van der Waals surface area contributed by atoms with E-state index >= 15 is 0 Å². The molecule has 1 heterocycles. The first-order valence-electron chi connectivity index (χ1n) is 9.31. The van der Waals surface area contributed by atoms with Gasteiger partial charge in [-0.05, 0) is 62.6 Å². The van der Waals surface area contributed by atoms with Crippen LogP contribution in [0.5, 0.6) is 0 Å². The number of thiazole rings is 1. The van der Waals surface area contributed by atoms with Crippen molar-refractivity contribution in [1.82, 2.24) is 10.3 Å². The largest absolute Gasteiger partial charge is 0.352 e. The van der Waals surface area contributed by atoms with E-state index in [2.05, 4.69) is 15.0 Å². The van der Waals surface area contributed by atoms with Crippen LogP contribution >= 0.6 is 11.3 Å². The van der Waals surface area contributed by atoms with Crippen LogP contribution in [-0.4, -0.2) is 25.9 Å². The van der Waals surface area contributed by atoms with Crippen molar-refractivity contribution in [1.29, 1.82) is 0 Å². The molecule has 8 heteroatoms. The normalized spacial score (nSPS) is 11.2. The number of nitrogens with zero attached hydrogens (tertiary/aromatic N) is 1. The number of aryl methyl sites for hydroxylation is 2. The molecule has 0 saturated heterocycles. The van der Waals surface area contributed by atoms with E-state index in [4.69, 9.17) is 0 Å². The van der Waals surface area contributed by atoms with Crippen LogP contribution in [0.4, 0.5) is 5.69 Å². The van der Waals surface area contributed by atoms with Gasteiger partial charge in [0.05, 0.1) is 9.90 Å². The number of hydrogen-bond donors (Lipinski definition) is 2. The van der Waals surface area contributed by atoms with Gasteiger partial charge < -0.3 is 5.32 Å². The minimum atomic E-state index is -3.69. The molecule has 0 spiro atoms. The summed E-state index contributed by atoms with van der Waals surface area (Å²) in [5.74, 6) is -0.213. The molecule has 0 aliphatic heterocycles. The summed E-state index contributed by atoms with van der Waals surface area (Å²) in [5.41, 5.74) is 1.96. The lowest BCUT2D eigenvalue weighted by Gasteiger charge is -2.09. The number of para-hydroxylation sites is 1. The van der Waals surface area contributed by atoms with Gasteiger partial charge >= 0.3 is 0 Å². The predicted octanol–water partition coefficient (Wildman–Crippen LogP) is 4.01. The van der Waals surface area contributed by atoms with Gasteiger partial charge in [0, 0.05) is 28.9 Å². The number of nitrogens with one attached hydrogen (secondary N) is 2. The first kappa shape index (κ1) is 21.0. The highest BCUT2D eigenvalue weighted by molar-refractivity contribution is 7.92. The molecule has 6 nitrogen and oxygen atoms in total. The molecule has 2 aromatic carbocycles. The number of aromatic nitrogens is 1. The summed E-state index contributed by atoms with van der Waals surface area (Å²) in [4.78, 5) is 16.8. The lowest BCUT2D eigenvalue weighted by molar-refractivity contribution is 0.0953. The molecule has 0 aliphatic rings. The summed E-state index contributed by atoms with van der Waals surface area (Å²) in [6, 6.07) is 14.6. The zero-order valence-corrected chi connectivity index (χ0v) is 17.7. The number of hydrogen-bond acceptors (Lipinski definition) is 5. The van der Waals surface area contributed by atoms with Crippen LogP contribution in [-0.2, 0) is 16.4 Å². The van der Waals surface area contributed by atoms with Gasteiger partial charge in [-0.1, -0.05) is 18.2 Å². The Balaban J connectivity index is 1.48. The van der Waals surface area contributed by atoms with Crippen molar-refractivity contribution in [3.63, 3.8) is 0 Å². The summed E-state index contributed by atoms with van der Waals surface area (Å²) in [5, 5.41) is 6.03. The average Bonchev–Trinajstić information content (AvgIpc) is 3.13. The second kappa shape index (κ2) is 9.67. The van der Waals surface area contributed by atoms with Gasteiger partial charge in [0.25, 0.3) is 15.9 Å². The minimum absolute atomic E-state index is 0.108. The van der Waals surface area contributed by atoms with Crippen molar-refractivity contribution in [2.75, 3.05) is 11.3 Å². The quantitative estimate of drug-likeness (QED) is 0.503. The SMILES string of the molecule is Cc1csc(CCCCNC(=O)c2ccc(S(=O)(=O)Nc3ccccc3)cc2)n1. The van der Waals surface area contributed by atoms with Crippen molar-refractivity contribution < 1.29 is 13.2 Å². The number of amides is 1. The van der Waals surface area contributed by atoms with E-state index in [1.165, 1.54) is 24.3 Å². The monoisotopic (exact) mass is 429 g/mol. The number of carbonyl (C=O) groups excluding carboxylic acids is 1. The van der Waals surface area contributed by atoms with Crippen molar-refractivity contribution >= 4 is 33.0 Å². The van der Waals surface area contributed by atoms with E-state index in [0.717, 1.165) is 30.0 Å². The van der Waals surface area contributed by atoms with Gasteiger partial charge in [0.15, 0.2) is 0 Å². The molecule has 1 amide bonds. The number of rotatable bonds is 9. The maximum atomic E-state index is 12.4. The second-order valence-electron chi connectivity index (χ2n) is 6.59. The fourth-order valence-electron chi connectivity index (χ4n) is 2.73. The molecule has 0 bridgehead atoms. The van der Waals surface area contributed by atoms with Crippen molar-refractivity contribution in [3.8, 4) is 0 Å². The topological polar surface area (TPSA) is 88.2 Å². The molecular formula is C21H23N3O3S2. The highest BCUT2D eigenvalue weighted by Crippen LogP contribution is 2.16. The zero-order chi connectivity index (χ0) is 20.7. The van der Waals surface area contributed by atoms with E-state index in [-0.39, 0.29) is 10.8 Å². The molecule has 3 aromatic rings. The number of carbonyl (C=O) groups is 1. The Hall–Kier alpha value is -2.71. The molecule has 0 atom stereocenters. The van der Waals surface area contributed by atoms with E-state index in [1.807, 2.05) is 18.4 Å². The minimum Gasteiger partial charge on any atom is -0.352 e. The Bertz CT molecular complexity index is 1050. The van der Waals surface area contributed by atoms with E-state index in [1.54, 1.807) is 35.6 Å². The van der Waals surface area contributed by atoms with Crippen LogP contribution < -0.4 is 10.0 Å². The first-order valence-corrected chi connectivity index (χ1v) is 11.7. The van der Waals surface area contributed by atoms with Crippen LogP contribution in [0, 0.1) is 6.92 Å². The molecule has 0 saturated carbocycles. The van der Waals surface area contributed by atoms with Gasteiger partial charge in [-0.25, -0.2) is 13.4 Å². The summed E-state index contributed by atoms with van der Waals surface area (Å²) < 4.78 is 27.4. The lowest BCUT2D eigenvalue weighted by Crippen LogP contribution is -2.24. The maximum absolute atomic E-state index is 12.4. The molecular weight excluding hydrogens is 406 g/mol. The molecule has 152 valence electrons. The fourth-order valence-corrected chi connectivity index (χ4v) is 4.61. The van der Waals surface area contributed by atoms with Gasteiger partial charge in [0.1, 0.15) is 0 Å². The van der Waals surface area contributed by atoms with Crippen LogP contribution in [0.3, 0.4) is 0 Å². The molecule has 0 fully saturated rings. The maximum Gasteiger partial charge on any atom is 0.261 e. The van der Waals surface area contributed by atoms with Crippen molar-refractivity contribution in [2.45, 2.75) is 31.1 Å². The van der Waals surface area contributed by atoms with Crippen LogP contribution in [0.25, 0.3) is 0 Å². The molecule has 0 unspecified atom stereocenters. The molecule has 0 radical (unpaired) electrons. The number of sulfonamides is 1. The Morgan fingerprint density at radius 1 is 1.03 bits per heavy atom. The number of unbranched alkanes of at least 4 members (excludes halogenated alkanes) is 1. The molecule has 0 aliphatic carbocycles. The Morgan fingerprint density at radius 2 is 1.76 bits per heavy atom. The summed E-state index contributed by atoms with van der Waals surface area (Å²) in [6.07, 6.45) is 2.72. The molecule has 29 heavy (non-hydrogen) atoms. The number of anilines is 1. The third-order valence-corrected chi connectivity index (χ3v) is 6.65. The van der Waals surface area contributed by atoms with Crippen LogP contribution in [0.1, 0.15) is 33.9 Å². The van der Waals surface area contributed by atoms with Gasteiger partial charge in [-0.15, -0.1) is 11.3 Å². The predicted molar refractivity (Wildman–Crippen MR) is 116 cm³/mol. The summed E-state index contributed by atoms with van der Waals surface area (Å²) in [7, 11) is -3.69. The average molecular weight is 430 g/mol. The molecule has 2 N–H and O–H groups in total. The summed E-state index contributed by atoms with van der Waals surface area (Å²) >= 11 is 1.66. The number of benzene rings is 2. The highest BCUT2D eigenvalue weighted by atomic mass is 32.2. The highest BCUT2D eigenvalue weighted by Gasteiger charge is 2.15. The fraction of sp³-hybridized carbons (Fsp3) is 0.238. The third kappa shape index (κ3) is 6.13. The molecule has 1 aromatic heterocycles. The standard InChI is InChI=1S/C21H23N3O3S2/c1-16-15-28-20(23-16)9-5-6-14-22-21(25)17-10-12-19(13-11-17)29(26,27)24-18-7-3-2-4-8-18/h2-4,7-8,10-13,15,24H,5-6,9,14H2,1H3,(H,22,25). The lowest BCUT2D eigenvalue weighted by atomic mass is 10.2. The zero-order valence-electron chi connectivity index (χ0n) is 16.1. The summed E-state index contributed by atoms with van der Waals surface area (Å²) in [6.45, 7) is 2.55. The molecule has 3 rings (SSSR count). The van der Waals surface area contributed by atoms with Crippen LogP contribution in [0.15, 0.2) is 64.9 Å². The second-order valence-corrected chi connectivity index (χ2v) is 9.22. The Kier molecular flexibility index (Phi) is 7.00. The van der Waals surface area contributed by atoms with Gasteiger partial charge in [-0.3, -0.25) is 9.52 Å².